The minimum absolute atomic E-state index is 0.146. The molecule has 164 valence electrons. The predicted molar refractivity (Wildman–Crippen MR) is 120 cm³/mol. The Labute approximate surface area is 182 Å². The molecule has 0 unspecified atom stereocenters. The van der Waals surface area contributed by atoms with Crippen molar-refractivity contribution in [2.24, 2.45) is 5.10 Å². The zero-order valence-electron chi connectivity index (χ0n) is 18.4. The summed E-state index contributed by atoms with van der Waals surface area (Å²) in [6, 6.07) is 10.7. The van der Waals surface area contributed by atoms with Gasteiger partial charge in [-0.1, -0.05) is 29.8 Å². The first-order valence-electron chi connectivity index (χ1n) is 9.90. The molecule has 0 aliphatic carbocycles. The number of nitrogens with one attached hydrogen (secondary N) is 3. The number of amides is 3. The molecule has 0 heterocycles. The Hall–Kier alpha value is -3.68. The van der Waals surface area contributed by atoms with Crippen LogP contribution in [0.3, 0.4) is 0 Å². The summed E-state index contributed by atoms with van der Waals surface area (Å²) in [4.78, 5) is 35.5. The number of anilines is 1. The Bertz CT molecular complexity index is 976. The minimum atomic E-state index is -0.851. The standard InChI is InChI=1S/C23H28N4O4/c1-14(2)25-22(29)23(30)27-24-12-18-7-6-8-19(11-18)31-13-20(28)26-21-16(4)9-15(3)10-17(21)5/h6-12,14H,13H2,1-5H3,(H,25,29)(H,26,28)(H,27,30)/b24-12-. The van der Waals surface area contributed by atoms with E-state index in [2.05, 4.69) is 21.2 Å². The maximum absolute atomic E-state index is 12.3. The average molecular weight is 425 g/mol. The first kappa shape index (κ1) is 23.6. The summed E-state index contributed by atoms with van der Waals surface area (Å²) in [6.07, 6.45) is 1.38. The van der Waals surface area contributed by atoms with Crippen LogP contribution in [0.25, 0.3) is 0 Å². The van der Waals surface area contributed by atoms with Gasteiger partial charge in [0.1, 0.15) is 5.75 Å². The van der Waals surface area contributed by atoms with Crippen LogP contribution in [0.15, 0.2) is 41.5 Å². The van der Waals surface area contributed by atoms with Crippen LogP contribution in [-0.4, -0.2) is 36.6 Å². The summed E-state index contributed by atoms with van der Waals surface area (Å²) in [7, 11) is 0. The Morgan fingerprint density at radius 3 is 2.35 bits per heavy atom. The van der Waals surface area contributed by atoms with Gasteiger partial charge < -0.3 is 15.4 Å². The molecule has 0 spiro atoms. The van der Waals surface area contributed by atoms with Crippen molar-refractivity contribution in [1.29, 1.82) is 0 Å². The maximum Gasteiger partial charge on any atom is 0.329 e. The van der Waals surface area contributed by atoms with Crippen LogP contribution < -0.4 is 20.8 Å². The van der Waals surface area contributed by atoms with Crippen molar-refractivity contribution in [3.8, 4) is 5.75 Å². The zero-order chi connectivity index (χ0) is 23.0. The van der Waals surface area contributed by atoms with Gasteiger partial charge in [0.15, 0.2) is 6.61 Å². The van der Waals surface area contributed by atoms with E-state index in [1.807, 2.05) is 32.9 Å². The summed E-state index contributed by atoms with van der Waals surface area (Å²) < 4.78 is 5.57. The first-order valence-corrected chi connectivity index (χ1v) is 9.90. The molecule has 3 N–H and O–H groups in total. The number of benzene rings is 2. The van der Waals surface area contributed by atoms with Crippen molar-refractivity contribution in [3.63, 3.8) is 0 Å². The summed E-state index contributed by atoms with van der Waals surface area (Å²) >= 11 is 0. The first-order chi connectivity index (χ1) is 14.7. The lowest BCUT2D eigenvalue weighted by atomic mass is 10.1. The van der Waals surface area contributed by atoms with Gasteiger partial charge in [0, 0.05) is 11.7 Å². The SMILES string of the molecule is Cc1cc(C)c(NC(=O)COc2cccc(/C=N\NC(=O)C(=O)NC(C)C)c2)c(C)c1. The van der Waals surface area contributed by atoms with Crippen LogP contribution in [0.1, 0.15) is 36.1 Å². The number of carbonyl (C=O) groups excluding carboxylic acids is 3. The van der Waals surface area contributed by atoms with Gasteiger partial charge in [0.2, 0.25) is 0 Å². The smallest absolute Gasteiger partial charge is 0.329 e. The third kappa shape index (κ3) is 7.58. The summed E-state index contributed by atoms with van der Waals surface area (Å²) in [6.45, 7) is 9.26. The molecule has 0 fully saturated rings. The topological polar surface area (TPSA) is 109 Å². The van der Waals surface area contributed by atoms with Crippen molar-refractivity contribution in [3.05, 3.63) is 58.7 Å². The molecule has 0 radical (unpaired) electrons. The summed E-state index contributed by atoms with van der Waals surface area (Å²) in [5, 5.41) is 9.13. The van der Waals surface area contributed by atoms with Crippen molar-refractivity contribution in [2.75, 3.05) is 11.9 Å². The maximum atomic E-state index is 12.3. The van der Waals surface area contributed by atoms with Gasteiger partial charge >= 0.3 is 11.8 Å². The Kier molecular flexibility index (Phi) is 8.31. The lowest BCUT2D eigenvalue weighted by Gasteiger charge is -2.13. The molecule has 31 heavy (non-hydrogen) atoms. The lowest BCUT2D eigenvalue weighted by Crippen LogP contribution is -2.41. The van der Waals surface area contributed by atoms with Crippen LogP contribution >= 0.6 is 0 Å². The van der Waals surface area contributed by atoms with E-state index in [1.165, 1.54) is 6.21 Å². The minimum Gasteiger partial charge on any atom is -0.484 e. The molecule has 2 aromatic carbocycles. The van der Waals surface area contributed by atoms with Crippen molar-refractivity contribution >= 4 is 29.6 Å². The fourth-order valence-corrected chi connectivity index (χ4v) is 2.93. The molecule has 0 bridgehead atoms. The number of hydrazone groups is 1. The van der Waals surface area contributed by atoms with E-state index in [1.54, 1.807) is 38.1 Å². The normalized spacial score (nSPS) is 10.8. The zero-order valence-corrected chi connectivity index (χ0v) is 18.4. The summed E-state index contributed by atoms with van der Waals surface area (Å²) in [5.74, 6) is -1.40. The number of hydrogen-bond donors (Lipinski definition) is 3. The van der Waals surface area contributed by atoms with Crippen LogP contribution in [0.2, 0.25) is 0 Å². The number of carbonyl (C=O) groups is 3. The fraction of sp³-hybridized carbons (Fsp3) is 0.304. The predicted octanol–water partition coefficient (Wildman–Crippen LogP) is 2.60. The Morgan fingerprint density at radius 2 is 1.71 bits per heavy atom. The van der Waals surface area contributed by atoms with Crippen LogP contribution in [0, 0.1) is 20.8 Å². The lowest BCUT2D eigenvalue weighted by molar-refractivity contribution is -0.139. The number of nitrogens with zero attached hydrogens (tertiary/aromatic N) is 1. The van der Waals surface area contributed by atoms with E-state index in [4.69, 9.17) is 4.74 Å². The third-order valence-corrected chi connectivity index (χ3v) is 4.18. The number of aryl methyl sites for hydroxylation is 3. The molecule has 8 heteroatoms. The highest BCUT2D eigenvalue weighted by atomic mass is 16.5. The second kappa shape index (κ2) is 10.9. The monoisotopic (exact) mass is 424 g/mol. The third-order valence-electron chi connectivity index (χ3n) is 4.18. The number of hydrogen-bond acceptors (Lipinski definition) is 5. The largest absolute Gasteiger partial charge is 0.484 e. The van der Waals surface area contributed by atoms with Crippen molar-refractivity contribution < 1.29 is 19.1 Å². The Morgan fingerprint density at radius 1 is 1.03 bits per heavy atom. The van der Waals surface area contributed by atoms with Gasteiger partial charge in [0.25, 0.3) is 5.91 Å². The van der Waals surface area contributed by atoms with Crippen LogP contribution in [0.4, 0.5) is 5.69 Å². The van der Waals surface area contributed by atoms with E-state index in [-0.39, 0.29) is 18.6 Å². The molecule has 0 saturated heterocycles. The number of ether oxygens (including phenoxy) is 1. The second-order valence-corrected chi connectivity index (χ2v) is 7.51. The van der Waals surface area contributed by atoms with Gasteiger partial charge in [0.05, 0.1) is 6.21 Å². The molecule has 2 aromatic rings. The van der Waals surface area contributed by atoms with Crippen molar-refractivity contribution in [2.45, 2.75) is 40.7 Å². The fourth-order valence-electron chi connectivity index (χ4n) is 2.93. The van der Waals surface area contributed by atoms with Crippen molar-refractivity contribution in [1.82, 2.24) is 10.7 Å². The van der Waals surface area contributed by atoms with E-state index < -0.39 is 11.8 Å². The molecule has 3 amide bonds. The average Bonchev–Trinajstić information content (AvgIpc) is 2.69. The van der Waals surface area contributed by atoms with Gasteiger partial charge in [-0.2, -0.15) is 5.10 Å². The molecule has 2 rings (SSSR count). The van der Waals surface area contributed by atoms with Crippen LogP contribution in [-0.2, 0) is 14.4 Å². The van der Waals surface area contributed by atoms with E-state index in [9.17, 15) is 14.4 Å². The molecule has 0 aliphatic heterocycles. The number of rotatable bonds is 7. The molecular formula is C23H28N4O4. The highest BCUT2D eigenvalue weighted by Gasteiger charge is 2.13. The van der Waals surface area contributed by atoms with E-state index in [0.29, 0.717) is 11.3 Å². The van der Waals surface area contributed by atoms with E-state index in [0.717, 1.165) is 22.4 Å². The van der Waals surface area contributed by atoms with Gasteiger partial charge in [-0.15, -0.1) is 0 Å². The van der Waals surface area contributed by atoms with E-state index >= 15 is 0 Å². The van der Waals surface area contributed by atoms with Gasteiger partial charge in [-0.25, -0.2) is 5.43 Å². The summed E-state index contributed by atoms with van der Waals surface area (Å²) in [5.41, 5.74) is 6.71. The van der Waals surface area contributed by atoms with Gasteiger partial charge in [-0.3, -0.25) is 14.4 Å². The molecule has 0 atom stereocenters. The highest BCUT2D eigenvalue weighted by molar-refractivity contribution is 6.35. The second-order valence-electron chi connectivity index (χ2n) is 7.51. The molecule has 0 aromatic heterocycles. The van der Waals surface area contributed by atoms with Crippen LogP contribution in [0.5, 0.6) is 5.75 Å². The quantitative estimate of drug-likeness (QED) is 0.361. The van der Waals surface area contributed by atoms with Gasteiger partial charge in [-0.05, 0) is 63.4 Å². The highest BCUT2D eigenvalue weighted by Crippen LogP contribution is 2.22. The molecular weight excluding hydrogens is 396 g/mol. The molecule has 8 nitrogen and oxygen atoms in total. The Balaban J connectivity index is 1.90. The molecule has 0 aliphatic rings. The molecule has 0 saturated carbocycles.